The van der Waals surface area contributed by atoms with Gasteiger partial charge < -0.3 is 4.90 Å². The maximum Gasteiger partial charge on any atom is 0.0619 e. The average Bonchev–Trinajstić information content (AvgIpc) is 2.96. The highest BCUT2D eigenvalue weighted by molar-refractivity contribution is 6.26. The number of hydrogen-bond donors (Lipinski definition) is 0. The lowest BCUT2D eigenvalue weighted by molar-refractivity contribution is 0.619. The van der Waals surface area contributed by atoms with Crippen molar-refractivity contribution >= 4 is 38.6 Å². The number of nitrogens with zero attached hydrogens (tertiary/aromatic N) is 1. The zero-order valence-corrected chi connectivity index (χ0v) is 22.9. The van der Waals surface area contributed by atoms with Crippen LogP contribution >= 0.6 is 0 Å². The molecule has 8 rings (SSSR count). The topological polar surface area (TPSA) is 3.24 Å². The van der Waals surface area contributed by atoms with Gasteiger partial charge in [0.2, 0.25) is 0 Å². The Morgan fingerprint density at radius 2 is 0.821 bits per heavy atom. The molecule has 0 spiro atoms. The number of benzene rings is 6. The minimum Gasteiger partial charge on any atom is -0.309 e. The Kier molecular flexibility index (Phi) is 4.41. The van der Waals surface area contributed by atoms with Crippen molar-refractivity contribution in [2.75, 3.05) is 4.90 Å². The summed E-state index contributed by atoms with van der Waals surface area (Å²) in [5, 5.41) is 5.44. The van der Waals surface area contributed by atoms with Gasteiger partial charge >= 0.3 is 0 Å². The SMILES string of the molecule is CC1(C)c2cccc3c2-c2c4c1cccc4c(N(c1ccccc1)c1ccccc1)c1cccc(c21)C3(C)C. The number of anilines is 3. The third-order valence-electron chi connectivity index (χ3n) is 9.40. The van der Waals surface area contributed by atoms with Crippen LogP contribution in [-0.4, -0.2) is 0 Å². The summed E-state index contributed by atoms with van der Waals surface area (Å²) in [7, 11) is 0. The fourth-order valence-electron chi connectivity index (χ4n) is 7.56. The fraction of sp³-hybridized carbons (Fsp3) is 0.158. The first-order chi connectivity index (χ1) is 18.9. The molecule has 2 aliphatic carbocycles. The molecule has 0 fully saturated rings. The molecule has 0 heterocycles. The van der Waals surface area contributed by atoms with Crippen molar-refractivity contribution in [3.05, 3.63) is 138 Å². The Balaban J connectivity index is 1.65. The second kappa shape index (κ2) is 7.61. The molecule has 188 valence electrons. The first kappa shape index (κ1) is 22.6. The van der Waals surface area contributed by atoms with Crippen molar-refractivity contribution in [2.45, 2.75) is 38.5 Å². The Morgan fingerprint density at radius 1 is 0.410 bits per heavy atom. The van der Waals surface area contributed by atoms with Gasteiger partial charge in [0.25, 0.3) is 0 Å². The maximum absolute atomic E-state index is 2.47. The molecule has 2 aliphatic rings. The summed E-state index contributed by atoms with van der Waals surface area (Å²) < 4.78 is 0. The maximum atomic E-state index is 2.47. The van der Waals surface area contributed by atoms with Crippen molar-refractivity contribution in [3.63, 3.8) is 0 Å². The zero-order valence-electron chi connectivity index (χ0n) is 22.9. The van der Waals surface area contributed by atoms with Crippen molar-refractivity contribution in [3.8, 4) is 11.1 Å². The number of hydrogen-bond acceptors (Lipinski definition) is 1. The van der Waals surface area contributed by atoms with Gasteiger partial charge in [-0.2, -0.15) is 0 Å². The molecule has 0 bridgehead atoms. The van der Waals surface area contributed by atoms with E-state index in [0.717, 1.165) is 0 Å². The summed E-state index contributed by atoms with van der Waals surface area (Å²) in [6.45, 7) is 9.63. The summed E-state index contributed by atoms with van der Waals surface area (Å²) in [5.41, 5.74) is 12.0. The van der Waals surface area contributed by atoms with Crippen LogP contribution in [0.3, 0.4) is 0 Å². The highest BCUT2D eigenvalue weighted by Crippen LogP contribution is 2.61. The Morgan fingerprint density at radius 3 is 1.28 bits per heavy atom. The van der Waals surface area contributed by atoms with Gasteiger partial charge in [-0.25, -0.2) is 0 Å². The largest absolute Gasteiger partial charge is 0.309 e. The van der Waals surface area contributed by atoms with Crippen LogP contribution in [0.15, 0.2) is 115 Å². The van der Waals surface area contributed by atoms with E-state index in [-0.39, 0.29) is 10.8 Å². The van der Waals surface area contributed by atoms with Crippen molar-refractivity contribution < 1.29 is 0 Å². The van der Waals surface area contributed by atoms with Gasteiger partial charge in [0.05, 0.1) is 5.69 Å². The lowest BCUT2D eigenvalue weighted by Crippen LogP contribution is -2.31. The van der Waals surface area contributed by atoms with Gasteiger partial charge in [-0.1, -0.05) is 119 Å². The van der Waals surface area contributed by atoms with Gasteiger partial charge in [0.15, 0.2) is 0 Å². The molecular weight excluding hydrogens is 470 g/mol. The molecule has 0 saturated carbocycles. The van der Waals surface area contributed by atoms with E-state index < -0.39 is 0 Å². The van der Waals surface area contributed by atoms with Crippen LogP contribution in [0.1, 0.15) is 49.9 Å². The van der Waals surface area contributed by atoms with Crippen molar-refractivity contribution in [1.82, 2.24) is 0 Å². The zero-order chi connectivity index (χ0) is 26.5. The summed E-state index contributed by atoms with van der Waals surface area (Å²) in [6.07, 6.45) is 0. The van der Waals surface area contributed by atoms with Gasteiger partial charge in [-0.15, -0.1) is 0 Å². The first-order valence-electron chi connectivity index (χ1n) is 14.0. The minimum atomic E-state index is -0.102. The monoisotopic (exact) mass is 501 g/mol. The molecule has 0 saturated heterocycles. The second-order valence-corrected chi connectivity index (χ2v) is 12.2. The van der Waals surface area contributed by atoms with Crippen LogP contribution in [0.25, 0.3) is 32.7 Å². The van der Waals surface area contributed by atoms with E-state index >= 15 is 0 Å². The summed E-state index contributed by atoms with van der Waals surface area (Å²) >= 11 is 0. The number of para-hydroxylation sites is 2. The Hall–Kier alpha value is -4.36. The third-order valence-corrected chi connectivity index (χ3v) is 9.40. The molecule has 0 N–H and O–H groups in total. The molecular formula is C38H31N. The normalized spacial score (nSPS) is 15.6. The fourth-order valence-corrected chi connectivity index (χ4v) is 7.56. The standard InChI is InChI=1S/C38H31N/c1-37(2)28-20-11-18-26-32(28)35-33-27(19-12-21-29(33)38(3,4)31-23-13-22-30(37)34(31)35)36(26)39(24-14-7-5-8-15-24)25-16-9-6-10-17-25/h5-23H,1-4H3. The molecule has 1 heteroatoms. The van der Waals surface area contributed by atoms with Crippen LogP contribution < -0.4 is 4.90 Å². The lowest BCUT2D eigenvalue weighted by atomic mass is 9.60. The number of rotatable bonds is 3. The first-order valence-corrected chi connectivity index (χ1v) is 14.0. The van der Waals surface area contributed by atoms with Crippen LogP contribution in [0.4, 0.5) is 17.1 Å². The van der Waals surface area contributed by atoms with Gasteiger partial charge in [0, 0.05) is 33.0 Å². The molecule has 1 nitrogen and oxygen atoms in total. The Bertz CT molecular complexity index is 1810. The quantitative estimate of drug-likeness (QED) is 0.218. The van der Waals surface area contributed by atoms with E-state index in [1.165, 1.54) is 72.0 Å². The molecule has 0 unspecified atom stereocenters. The van der Waals surface area contributed by atoms with Crippen LogP contribution in [0, 0.1) is 0 Å². The predicted molar refractivity (Wildman–Crippen MR) is 166 cm³/mol. The molecule has 39 heavy (non-hydrogen) atoms. The van der Waals surface area contributed by atoms with E-state index in [9.17, 15) is 0 Å². The van der Waals surface area contributed by atoms with Crippen LogP contribution in [-0.2, 0) is 10.8 Å². The predicted octanol–water partition coefficient (Wildman–Crippen LogP) is 10.4. The molecule has 0 amide bonds. The molecule has 6 aromatic rings. The molecule has 0 aliphatic heterocycles. The second-order valence-electron chi connectivity index (χ2n) is 12.2. The molecule has 0 radical (unpaired) electrons. The Labute approximate surface area is 230 Å². The molecule has 0 atom stereocenters. The van der Waals surface area contributed by atoms with E-state index in [0.29, 0.717) is 0 Å². The minimum absolute atomic E-state index is 0.102. The smallest absolute Gasteiger partial charge is 0.0619 e. The highest BCUT2D eigenvalue weighted by Gasteiger charge is 2.43. The van der Waals surface area contributed by atoms with E-state index in [4.69, 9.17) is 0 Å². The van der Waals surface area contributed by atoms with Gasteiger partial charge in [-0.05, 0) is 68.4 Å². The molecule has 6 aromatic carbocycles. The lowest BCUT2D eigenvalue weighted by Gasteiger charge is -2.44. The van der Waals surface area contributed by atoms with Crippen LogP contribution in [0.5, 0.6) is 0 Å². The van der Waals surface area contributed by atoms with E-state index in [1.807, 2.05) is 0 Å². The van der Waals surface area contributed by atoms with Crippen molar-refractivity contribution in [2.24, 2.45) is 0 Å². The third kappa shape index (κ3) is 2.80. The highest BCUT2D eigenvalue weighted by atomic mass is 15.1. The summed E-state index contributed by atoms with van der Waals surface area (Å²) in [4.78, 5) is 2.47. The van der Waals surface area contributed by atoms with E-state index in [2.05, 4.69) is 148 Å². The van der Waals surface area contributed by atoms with E-state index in [1.54, 1.807) is 0 Å². The van der Waals surface area contributed by atoms with Gasteiger partial charge in [-0.3, -0.25) is 0 Å². The summed E-state index contributed by atoms with van der Waals surface area (Å²) in [6, 6.07) is 42.6. The van der Waals surface area contributed by atoms with Crippen molar-refractivity contribution in [1.29, 1.82) is 0 Å². The summed E-state index contributed by atoms with van der Waals surface area (Å²) in [5.74, 6) is 0. The average molecular weight is 502 g/mol. The van der Waals surface area contributed by atoms with Gasteiger partial charge in [0.1, 0.15) is 0 Å². The molecule has 0 aromatic heterocycles. The van der Waals surface area contributed by atoms with Crippen LogP contribution in [0.2, 0.25) is 0 Å².